The molecule has 1 atom stereocenters. The lowest BCUT2D eigenvalue weighted by molar-refractivity contribution is 0.0527. The quantitative estimate of drug-likeness (QED) is 0.398. The summed E-state index contributed by atoms with van der Waals surface area (Å²) < 4.78 is 20.9. The van der Waals surface area contributed by atoms with Gasteiger partial charge in [-0.15, -0.1) is 11.3 Å². The Balaban J connectivity index is 2.25. The molecule has 0 spiro atoms. The van der Waals surface area contributed by atoms with Crippen LogP contribution < -0.4 is 20.1 Å². The van der Waals surface area contributed by atoms with Gasteiger partial charge in [0.15, 0.2) is 16.6 Å². The van der Waals surface area contributed by atoms with E-state index in [0.29, 0.717) is 26.9 Å². The second-order valence-electron chi connectivity index (χ2n) is 6.64. The summed E-state index contributed by atoms with van der Waals surface area (Å²) in [5.74, 6) is 0.208. The van der Waals surface area contributed by atoms with Gasteiger partial charge in [-0.05, 0) is 63.2 Å². The molecule has 0 fully saturated rings. The average molecular weight is 481 g/mol. The minimum atomic E-state index is -0.532. The number of esters is 2. The van der Waals surface area contributed by atoms with Gasteiger partial charge >= 0.3 is 11.9 Å². The van der Waals surface area contributed by atoms with Crippen LogP contribution >= 0.6 is 23.6 Å². The third kappa shape index (κ3) is 5.89. The normalized spacial score (nSPS) is 11.3. The van der Waals surface area contributed by atoms with Gasteiger partial charge in [-0.3, -0.25) is 0 Å². The van der Waals surface area contributed by atoms with E-state index in [-0.39, 0.29) is 29.9 Å². The highest BCUT2D eigenvalue weighted by Gasteiger charge is 2.27. The summed E-state index contributed by atoms with van der Waals surface area (Å²) in [6, 6.07) is 5.40. The van der Waals surface area contributed by atoms with Crippen molar-refractivity contribution in [3.8, 4) is 11.5 Å². The number of carbonyl (C=O) groups excluding carboxylic acids is 2. The van der Waals surface area contributed by atoms with E-state index in [2.05, 4.69) is 10.6 Å². The third-order valence-corrected chi connectivity index (χ3v) is 5.98. The van der Waals surface area contributed by atoms with Crippen LogP contribution in [0.5, 0.6) is 11.5 Å². The lowest BCUT2D eigenvalue weighted by atomic mass is 10.1. The van der Waals surface area contributed by atoms with E-state index in [0.717, 1.165) is 16.9 Å². The van der Waals surface area contributed by atoms with Crippen LogP contribution in [0.3, 0.4) is 0 Å². The SMILES string of the molecule is CCOC(=O)c1sc(NC(=S)NC(C)c2ccc(OC)c(OC)c2)c(C(=O)OCC)c1C. The Hall–Kier alpha value is -2.85. The van der Waals surface area contributed by atoms with Gasteiger partial charge in [0.05, 0.1) is 39.0 Å². The molecular formula is C22H28N2O6S2. The van der Waals surface area contributed by atoms with Gasteiger partial charge < -0.3 is 29.6 Å². The van der Waals surface area contributed by atoms with E-state index in [1.54, 1.807) is 35.0 Å². The molecule has 1 aromatic heterocycles. The molecule has 0 aliphatic rings. The van der Waals surface area contributed by atoms with E-state index in [9.17, 15) is 9.59 Å². The van der Waals surface area contributed by atoms with Crippen molar-refractivity contribution in [2.45, 2.75) is 33.7 Å². The fourth-order valence-corrected chi connectivity index (χ4v) is 4.42. The lowest BCUT2D eigenvalue weighted by Gasteiger charge is -2.19. The van der Waals surface area contributed by atoms with Crippen molar-refractivity contribution in [2.75, 3.05) is 32.8 Å². The second kappa shape index (κ2) is 11.7. The molecule has 32 heavy (non-hydrogen) atoms. The van der Waals surface area contributed by atoms with Crippen LogP contribution in [-0.4, -0.2) is 44.5 Å². The number of hydrogen-bond acceptors (Lipinski definition) is 8. The Morgan fingerprint density at radius 2 is 1.69 bits per heavy atom. The maximum Gasteiger partial charge on any atom is 0.348 e. The Labute approximate surface area is 197 Å². The largest absolute Gasteiger partial charge is 0.493 e. The molecule has 1 unspecified atom stereocenters. The number of carbonyl (C=O) groups is 2. The van der Waals surface area contributed by atoms with Crippen molar-refractivity contribution in [3.05, 3.63) is 39.8 Å². The molecule has 10 heteroatoms. The molecule has 2 aromatic rings. The van der Waals surface area contributed by atoms with E-state index < -0.39 is 11.9 Å². The van der Waals surface area contributed by atoms with Crippen molar-refractivity contribution in [1.29, 1.82) is 0 Å². The molecule has 0 bridgehead atoms. The number of anilines is 1. The van der Waals surface area contributed by atoms with Crippen molar-refractivity contribution < 1.29 is 28.5 Å². The second-order valence-corrected chi connectivity index (χ2v) is 8.06. The van der Waals surface area contributed by atoms with Gasteiger partial charge in [-0.25, -0.2) is 9.59 Å². The molecule has 1 heterocycles. The van der Waals surface area contributed by atoms with Crippen molar-refractivity contribution in [3.63, 3.8) is 0 Å². The first-order chi connectivity index (χ1) is 15.3. The summed E-state index contributed by atoms with van der Waals surface area (Å²) >= 11 is 6.56. The minimum absolute atomic E-state index is 0.175. The summed E-state index contributed by atoms with van der Waals surface area (Å²) in [4.78, 5) is 25.2. The predicted octanol–water partition coefficient (Wildman–Crippen LogP) is 4.47. The van der Waals surface area contributed by atoms with Gasteiger partial charge in [0.25, 0.3) is 0 Å². The van der Waals surface area contributed by atoms with Crippen LogP contribution in [-0.2, 0) is 9.47 Å². The zero-order chi connectivity index (χ0) is 23.8. The number of rotatable bonds is 9. The summed E-state index contributed by atoms with van der Waals surface area (Å²) in [7, 11) is 3.15. The van der Waals surface area contributed by atoms with Crippen LogP contribution in [0.1, 0.15) is 58.0 Å². The molecule has 1 aromatic carbocycles. The molecule has 0 radical (unpaired) electrons. The topological polar surface area (TPSA) is 95.1 Å². The highest BCUT2D eigenvalue weighted by Crippen LogP contribution is 2.35. The Morgan fingerprint density at radius 1 is 1.06 bits per heavy atom. The van der Waals surface area contributed by atoms with Crippen molar-refractivity contribution in [1.82, 2.24) is 5.32 Å². The highest BCUT2D eigenvalue weighted by atomic mass is 32.1. The maximum atomic E-state index is 12.5. The molecule has 0 amide bonds. The molecule has 2 N–H and O–H groups in total. The molecule has 2 rings (SSSR count). The predicted molar refractivity (Wildman–Crippen MR) is 128 cm³/mol. The Bertz CT molecular complexity index is 989. The van der Waals surface area contributed by atoms with Crippen LogP contribution in [0.15, 0.2) is 18.2 Å². The summed E-state index contributed by atoms with van der Waals surface area (Å²) in [5, 5.41) is 6.92. The van der Waals surface area contributed by atoms with Crippen molar-refractivity contribution in [2.24, 2.45) is 0 Å². The zero-order valence-electron chi connectivity index (χ0n) is 19.0. The van der Waals surface area contributed by atoms with Crippen LogP contribution in [0.2, 0.25) is 0 Å². The van der Waals surface area contributed by atoms with Gasteiger partial charge in [0.2, 0.25) is 0 Å². The number of nitrogens with one attached hydrogen (secondary N) is 2. The first kappa shape index (κ1) is 25.4. The third-order valence-electron chi connectivity index (χ3n) is 4.57. The number of ether oxygens (including phenoxy) is 4. The number of thiocarbonyl (C=S) groups is 1. The standard InChI is InChI=1S/C22H28N2O6S2/c1-7-29-20(25)17-12(3)18(21(26)30-8-2)32-19(17)24-22(31)23-13(4)14-9-10-15(27-5)16(11-14)28-6/h9-11,13H,7-8H2,1-6H3,(H2,23,24,31). The van der Waals surface area contributed by atoms with Crippen LogP contribution in [0.4, 0.5) is 5.00 Å². The van der Waals surface area contributed by atoms with Crippen LogP contribution in [0, 0.1) is 6.92 Å². The molecule has 0 saturated carbocycles. The van der Waals surface area contributed by atoms with Gasteiger partial charge in [0, 0.05) is 0 Å². The fourth-order valence-electron chi connectivity index (χ4n) is 2.98. The number of benzene rings is 1. The zero-order valence-corrected chi connectivity index (χ0v) is 20.6. The van der Waals surface area contributed by atoms with E-state index >= 15 is 0 Å². The summed E-state index contributed by atoms with van der Waals surface area (Å²) in [6.07, 6.45) is 0. The molecule has 0 saturated heterocycles. The fraction of sp³-hybridized carbons (Fsp3) is 0.409. The first-order valence-electron chi connectivity index (χ1n) is 10.0. The Kier molecular flexibility index (Phi) is 9.27. The van der Waals surface area contributed by atoms with Crippen LogP contribution in [0.25, 0.3) is 0 Å². The molecule has 0 aliphatic heterocycles. The summed E-state index contributed by atoms with van der Waals surface area (Å²) in [5.41, 5.74) is 1.68. The van der Waals surface area contributed by atoms with E-state index in [1.807, 2.05) is 25.1 Å². The molecular weight excluding hydrogens is 452 g/mol. The number of hydrogen-bond donors (Lipinski definition) is 2. The van der Waals surface area contributed by atoms with E-state index in [4.69, 9.17) is 31.2 Å². The smallest absolute Gasteiger partial charge is 0.348 e. The number of thiophene rings is 1. The van der Waals surface area contributed by atoms with Crippen molar-refractivity contribution >= 4 is 45.6 Å². The van der Waals surface area contributed by atoms with Gasteiger partial charge in [-0.2, -0.15) is 0 Å². The minimum Gasteiger partial charge on any atom is -0.493 e. The van der Waals surface area contributed by atoms with Gasteiger partial charge in [-0.1, -0.05) is 6.07 Å². The van der Waals surface area contributed by atoms with E-state index in [1.165, 1.54) is 0 Å². The molecule has 0 aliphatic carbocycles. The molecule has 174 valence electrons. The maximum absolute atomic E-state index is 12.5. The molecule has 8 nitrogen and oxygen atoms in total. The van der Waals surface area contributed by atoms with Gasteiger partial charge in [0.1, 0.15) is 9.88 Å². The lowest BCUT2D eigenvalue weighted by Crippen LogP contribution is -2.31. The number of methoxy groups -OCH3 is 2. The highest BCUT2D eigenvalue weighted by molar-refractivity contribution is 7.80. The summed E-state index contributed by atoms with van der Waals surface area (Å²) in [6.45, 7) is 7.50. The monoisotopic (exact) mass is 480 g/mol. The first-order valence-corrected chi connectivity index (χ1v) is 11.3. The Morgan fingerprint density at radius 3 is 2.28 bits per heavy atom. The average Bonchev–Trinajstić information content (AvgIpc) is 3.09.